The molecule has 0 aliphatic carbocycles. The molecule has 4 rings (SSSR count). The summed E-state index contributed by atoms with van der Waals surface area (Å²) in [5, 5.41) is 3.12. The average molecular weight is 414 g/mol. The summed E-state index contributed by atoms with van der Waals surface area (Å²) in [4.78, 5) is 29.5. The zero-order valence-electron chi connectivity index (χ0n) is 16.5. The van der Waals surface area contributed by atoms with Gasteiger partial charge in [-0.05, 0) is 36.5 Å². The topological polar surface area (TPSA) is 52.7 Å². The van der Waals surface area contributed by atoms with E-state index in [0.717, 1.165) is 50.0 Å². The molecular formula is C23H28ClN3O2. The van der Waals surface area contributed by atoms with Gasteiger partial charge in [-0.15, -0.1) is 12.4 Å². The van der Waals surface area contributed by atoms with Crippen LogP contribution in [0.2, 0.25) is 0 Å². The van der Waals surface area contributed by atoms with E-state index in [4.69, 9.17) is 0 Å². The van der Waals surface area contributed by atoms with E-state index in [9.17, 15) is 9.59 Å². The molecule has 2 aliphatic rings. The van der Waals surface area contributed by atoms with E-state index in [1.54, 1.807) is 0 Å². The van der Waals surface area contributed by atoms with Crippen molar-refractivity contribution < 1.29 is 9.59 Å². The summed E-state index contributed by atoms with van der Waals surface area (Å²) in [7, 11) is 0. The number of nitrogens with zero attached hydrogens (tertiary/aromatic N) is 2. The van der Waals surface area contributed by atoms with Crippen molar-refractivity contribution in [3.63, 3.8) is 0 Å². The maximum Gasteiger partial charge on any atom is 0.254 e. The molecule has 0 aromatic heterocycles. The zero-order valence-corrected chi connectivity index (χ0v) is 17.4. The van der Waals surface area contributed by atoms with Crippen molar-refractivity contribution in [2.75, 3.05) is 32.7 Å². The van der Waals surface area contributed by atoms with Crippen molar-refractivity contribution in [2.24, 2.45) is 0 Å². The number of halogens is 1. The van der Waals surface area contributed by atoms with Gasteiger partial charge >= 0.3 is 0 Å². The van der Waals surface area contributed by atoms with E-state index in [0.29, 0.717) is 13.1 Å². The smallest absolute Gasteiger partial charge is 0.254 e. The second-order valence-electron chi connectivity index (χ2n) is 7.63. The van der Waals surface area contributed by atoms with Crippen LogP contribution in [0.4, 0.5) is 0 Å². The predicted molar refractivity (Wildman–Crippen MR) is 116 cm³/mol. The van der Waals surface area contributed by atoms with Crippen LogP contribution in [0.25, 0.3) is 0 Å². The van der Waals surface area contributed by atoms with Gasteiger partial charge in [0.15, 0.2) is 0 Å². The van der Waals surface area contributed by atoms with Gasteiger partial charge in [0.1, 0.15) is 0 Å². The molecule has 0 saturated carbocycles. The molecular weight excluding hydrogens is 386 g/mol. The molecule has 0 bridgehead atoms. The van der Waals surface area contributed by atoms with Gasteiger partial charge in [-0.3, -0.25) is 9.59 Å². The summed E-state index contributed by atoms with van der Waals surface area (Å²) in [6.45, 7) is 3.36. The third-order valence-electron chi connectivity index (χ3n) is 5.74. The van der Waals surface area contributed by atoms with Gasteiger partial charge in [0.25, 0.3) is 5.91 Å². The van der Waals surface area contributed by atoms with Crippen molar-refractivity contribution in [1.29, 1.82) is 0 Å². The van der Waals surface area contributed by atoms with Gasteiger partial charge < -0.3 is 15.1 Å². The summed E-state index contributed by atoms with van der Waals surface area (Å²) in [5.74, 6) is 0.230. The number of likely N-dealkylation sites (tertiary alicyclic amines) is 1. The Morgan fingerprint density at radius 3 is 2.59 bits per heavy atom. The summed E-state index contributed by atoms with van der Waals surface area (Å²) < 4.78 is 0. The molecule has 1 N–H and O–H groups in total. The molecule has 0 spiro atoms. The normalized spacial score (nSPS) is 19.6. The van der Waals surface area contributed by atoms with E-state index in [1.807, 2.05) is 52.3 Å². The minimum Gasteiger partial charge on any atom is -0.337 e. The van der Waals surface area contributed by atoms with Gasteiger partial charge in [-0.25, -0.2) is 0 Å². The van der Waals surface area contributed by atoms with Crippen LogP contribution < -0.4 is 5.32 Å². The highest BCUT2D eigenvalue weighted by Crippen LogP contribution is 2.22. The number of hydrogen-bond donors (Lipinski definition) is 1. The van der Waals surface area contributed by atoms with Gasteiger partial charge in [-0.2, -0.15) is 0 Å². The Labute approximate surface area is 178 Å². The van der Waals surface area contributed by atoms with E-state index < -0.39 is 0 Å². The van der Waals surface area contributed by atoms with Gasteiger partial charge in [0.2, 0.25) is 5.91 Å². The lowest BCUT2D eigenvalue weighted by Gasteiger charge is -2.41. The highest BCUT2D eigenvalue weighted by atomic mass is 35.5. The third-order valence-corrected chi connectivity index (χ3v) is 5.74. The number of piperidine rings is 1. The summed E-state index contributed by atoms with van der Waals surface area (Å²) >= 11 is 0. The van der Waals surface area contributed by atoms with Crippen molar-refractivity contribution in [3.05, 3.63) is 71.3 Å². The number of amides is 2. The molecule has 154 valence electrons. The molecule has 0 radical (unpaired) electrons. The number of piperazine rings is 1. The zero-order chi connectivity index (χ0) is 19.3. The maximum atomic E-state index is 13.3. The van der Waals surface area contributed by atoms with Crippen LogP contribution in [0.15, 0.2) is 54.6 Å². The van der Waals surface area contributed by atoms with Crippen LogP contribution in [0, 0.1) is 0 Å². The molecule has 2 saturated heterocycles. The van der Waals surface area contributed by atoms with E-state index in [-0.39, 0.29) is 30.3 Å². The summed E-state index contributed by atoms with van der Waals surface area (Å²) in [5.41, 5.74) is 3.03. The minimum absolute atomic E-state index is 0. The highest BCUT2D eigenvalue weighted by Gasteiger charge is 2.32. The Kier molecular flexibility index (Phi) is 7.29. The first-order valence-corrected chi connectivity index (χ1v) is 10.1. The van der Waals surface area contributed by atoms with Crippen molar-refractivity contribution in [1.82, 2.24) is 15.1 Å². The first-order chi connectivity index (χ1) is 13.7. The van der Waals surface area contributed by atoms with Gasteiger partial charge in [0.05, 0.1) is 6.54 Å². The van der Waals surface area contributed by atoms with E-state index >= 15 is 0 Å². The lowest BCUT2D eigenvalue weighted by atomic mass is 9.97. The number of carbonyl (C=O) groups excluding carboxylic acids is 2. The Balaban J connectivity index is 0.00000240. The highest BCUT2D eigenvalue weighted by molar-refractivity contribution is 5.96. The molecule has 29 heavy (non-hydrogen) atoms. The second-order valence-corrected chi connectivity index (χ2v) is 7.63. The molecule has 2 aromatic rings. The largest absolute Gasteiger partial charge is 0.337 e. The number of nitrogens with one attached hydrogen (secondary N) is 1. The fourth-order valence-electron chi connectivity index (χ4n) is 4.27. The van der Waals surface area contributed by atoms with E-state index in [1.165, 1.54) is 5.56 Å². The molecule has 1 unspecified atom stereocenters. The molecule has 2 aromatic carbocycles. The van der Waals surface area contributed by atoms with Crippen molar-refractivity contribution >= 4 is 24.2 Å². The second kappa shape index (κ2) is 9.90. The molecule has 5 nitrogen and oxygen atoms in total. The van der Waals surface area contributed by atoms with Crippen molar-refractivity contribution in [2.45, 2.75) is 25.3 Å². The monoisotopic (exact) mass is 413 g/mol. The quantitative estimate of drug-likeness (QED) is 0.838. The molecule has 2 heterocycles. The van der Waals surface area contributed by atoms with Crippen LogP contribution >= 0.6 is 12.4 Å². The maximum absolute atomic E-state index is 13.3. The standard InChI is InChI=1S/C23H27N3O2.ClH/c27-22-16-24-12-14-26(22)20-10-6-13-25(17-20)23(28)21-11-5-4-9-19(21)15-18-7-2-1-3-8-18;/h1-5,7-9,11,20,24H,6,10,12-17H2;1H. The van der Waals surface area contributed by atoms with Crippen molar-refractivity contribution in [3.8, 4) is 0 Å². The number of rotatable bonds is 4. The van der Waals surface area contributed by atoms with Crippen LogP contribution in [0.1, 0.15) is 34.3 Å². The fraction of sp³-hybridized carbons (Fsp3) is 0.391. The van der Waals surface area contributed by atoms with Gasteiger partial charge in [-0.1, -0.05) is 48.5 Å². The predicted octanol–water partition coefficient (Wildman–Crippen LogP) is 2.74. The Hall–Kier alpha value is -2.37. The van der Waals surface area contributed by atoms with Gasteiger partial charge in [0, 0.05) is 37.8 Å². The number of benzene rings is 2. The molecule has 6 heteroatoms. The molecule has 2 fully saturated rings. The molecule has 2 amide bonds. The number of carbonyl (C=O) groups is 2. The Morgan fingerprint density at radius 1 is 1.03 bits per heavy atom. The van der Waals surface area contributed by atoms with Crippen LogP contribution in [0.3, 0.4) is 0 Å². The molecule has 2 aliphatic heterocycles. The number of hydrogen-bond acceptors (Lipinski definition) is 3. The lowest BCUT2D eigenvalue weighted by Crippen LogP contribution is -2.57. The SMILES string of the molecule is Cl.O=C(c1ccccc1Cc1ccccc1)N1CCCC(N2CCNCC2=O)C1. The first kappa shape index (κ1) is 21.3. The third kappa shape index (κ3) is 4.98. The first-order valence-electron chi connectivity index (χ1n) is 10.1. The average Bonchev–Trinajstić information content (AvgIpc) is 2.75. The molecule has 1 atom stereocenters. The summed E-state index contributed by atoms with van der Waals surface area (Å²) in [6.07, 6.45) is 2.66. The van der Waals surface area contributed by atoms with Crippen LogP contribution in [-0.4, -0.2) is 60.4 Å². The Morgan fingerprint density at radius 2 is 1.79 bits per heavy atom. The lowest BCUT2D eigenvalue weighted by molar-refractivity contribution is -0.135. The summed E-state index contributed by atoms with van der Waals surface area (Å²) in [6, 6.07) is 18.3. The fourth-order valence-corrected chi connectivity index (χ4v) is 4.27. The minimum atomic E-state index is 0. The van der Waals surface area contributed by atoms with E-state index in [2.05, 4.69) is 17.4 Å². The Bertz CT molecular complexity index is 843. The van der Waals surface area contributed by atoms with Crippen LogP contribution in [0.5, 0.6) is 0 Å². The van der Waals surface area contributed by atoms with Crippen LogP contribution in [-0.2, 0) is 11.2 Å².